The molecule has 0 bridgehead atoms. The number of thioether (sulfide) groups is 1. The van der Waals surface area contributed by atoms with Crippen LogP contribution in [0.5, 0.6) is 0 Å². The Hall–Kier alpha value is -3.40. The number of carboxylic acids is 2. The summed E-state index contributed by atoms with van der Waals surface area (Å²) >= 11 is 1.41. The van der Waals surface area contributed by atoms with Crippen molar-refractivity contribution in [1.29, 1.82) is 0 Å². The van der Waals surface area contributed by atoms with Gasteiger partial charge in [0, 0.05) is 19.4 Å². The third kappa shape index (κ3) is 11.9. The van der Waals surface area contributed by atoms with Crippen molar-refractivity contribution in [2.24, 2.45) is 17.4 Å². The number of carbonyl (C=O) groups excluding carboxylic acids is 5. The van der Waals surface area contributed by atoms with Crippen LogP contribution in [0.3, 0.4) is 0 Å². The molecule has 9 N–H and O–H groups in total. The fourth-order valence-electron chi connectivity index (χ4n) is 4.29. The summed E-state index contributed by atoms with van der Waals surface area (Å²) in [6.07, 6.45) is 1.84. The number of rotatable bonds is 18. The number of hydrogen-bond acceptors (Lipinski definition) is 9. The summed E-state index contributed by atoms with van der Waals surface area (Å²) in [7, 11) is 0. The first-order valence-electron chi connectivity index (χ1n) is 13.4. The van der Waals surface area contributed by atoms with Gasteiger partial charge in [-0.25, -0.2) is 4.79 Å². The molecular formula is C25H42N6O9S. The zero-order chi connectivity index (χ0) is 31.3. The van der Waals surface area contributed by atoms with Crippen molar-refractivity contribution >= 4 is 53.2 Å². The zero-order valence-corrected chi connectivity index (χ0v) is 24.4. The zero-order valence-electron chi connectivity index (χ0n) is 23.6. The maximum Gasteiger partial charge on any atom is 0.326 e. The minimum absolute atomic E-state index is 0.00131. The van der Waals surface area contributed by atoms with Crippen LogP contribution >= 0.6 is 11.8 Å². The average Bonchev–Trinajstić information content (AvgIpc) is 3.39. The van der Waals surface area contributed by atoms with Gasteiger partial charge in [0.25, 0.3) is 0 Å². The molecular weight excluding hydrogens is 560 g/mol. The number of hydrogen-bond donors (Lipinski definition) is 7. The van der Waals surface area contributed by atoms with Gasteiger partial charge < -0.3 is 42.5 Å². The molecule has 1 heterocycles. The lowest BCUT2D eigenvalue weighted by atomic mass is 10.0. The lowest BCUT2D eigenvalue weighted by molar-refractivity contribution is -0.142. The Morgan fingerprint density at radius 3 is 2.12 bits per heavy atom. The first kappa shape index (κ1) is 35.6. The predicted octanol–water partition coefficient (Wildman–Crippen LogP) is -1.62. The maximum atomic E-state index is 13.2. The summed E-state index contributed by atoms with van der Waals surface area (Å²) < 4.78 is 0. The molecule has 0 aromatic rings. The molecule has 1 aliphatic rings. The van der Waals surface area contributed by atoms with Crippen molar-refractivity contribution in [3.63, 3.8) is 0 Å². The summed E-state index contributed by atoms with van der Waals surface area (Å²) in [5.74, 6) is -5.88. The van der Waals surface area contributed by atoms with Gasteiger partial charge in [0.05, 0.1) is 6.04 Å². The average molecular weight is 603 g/mol. The topological polar surface area (TPSA) is 251 Å². The third-order valence-corrected chi connectivity index (χ3v) is 7.25. The van der Waals surface area contributed by atoms with E-state index in [2.05, 4.69) is 16.0 Å². The number of nitrogens with one attached hydrogen (secondary N) is 3. The van der Waals surface area contributed by atoms with Crippen LogP contribution in [0.4, 0.5) is 0 Å². The highest BCUT2D eigenvalue weighted by Crippen LogP contribution is 2.20. The summed E-state index contributed by atoms with van der Waals surface area (Å²) in [5.41, 5.74) is 11.0. The Balaban J connectivity index is 3.03. The van der Waals surface area contributed by atoms with Crippen molar-refractivity contribution in [2.45, 2.75) is 89.0 Å². The highest BCUT2D eigenvalue weighted by atomic mass is 32.2. The van der Waals surface area contributed by atoms with Crippen LogP contribution < -0.4 is 27.4 Å². The summed E-state index contributed by atoms with van der Waals surface area (Å²) in [5, 5.41) is 26.1. The molecule has 41 heavy (non-hydrogen) atoms. The van der Waals surface area contributed by atoms with Gasteiger partial charge >= 0.3 is 11.9 Å². The van der Waals surface area contributed by atoms with Crippen LogP contribution in [0.2, 0.25) is 0 Å². The van der Waals surface area contributed by atoms with E-state index in [0.29, 0.717) is 12.2 Å². The molecule has 0 unspecified atom stereocenters. The van der Waals surface area contributed by atoms with Crippen LogP contribution in [0.15, 0.2) is 0 Å². The standard InChI is InChI=1S/C25H42N6O9S/c1-13(2)20(23(37)29-16(25(39)40)10-12-41-3)30-21(35)15(7-9-19(33)34)28-22(36)17-5-4-11-31(17)24(38)14(26)6-8-18(27)32/h13-17,20H,4-12,26H2,1-3H3,(H2,27,32)(H,28,36)(H,29,37)(H,30,35)(H,33,34)(H,39,40)/t14-,15-,16-,17-,20-/m0/s1. The van der Waals surface area contributed by atoms with Gasteiger partial charge in [-0.3, -0.25) is 28.8 Å². The molecule has 5 atom stereocenters. The second kappa shape index (κ2) is 17.4. The molecule has 1 aliphatic heterocycles. The second-order valence-corrected chi connectivity index (χ2v) is 11.2. The molecule has 0 aromatic carbocycles. The number of nitrogens with two attached hydrogens (primary N) is 2. The molecule has 5 amide bonds. The molecule has 0 aliphatic carbocycles. The maximum absolute atomic E-state index is 13.2. The quantitative estimate of drug-likeness (QED) is 0.0939. The number of primary amides is 1. The Kier molecular flexibility index (Phi) is 15.1. The molecule has 1 fully saturated rings. The fourth-order valence-corrected chi connectivity index (χ4v) is 4.76. The van der Waals surface area contributed by atoms with Crippen molar-refractivity contribution in [3.8, 4) is 0 Å². The minimum atomic E-state index is -1.36. The van der Waals surface area contributed by atoms with Gasteiger partial charge in [0.15, 0.2) is 0 Å². The monoisotopic (exact) mass is 602 g/mol. The van der Waals surface area contributed by atoms with Gasteiger partial charge in [-0.2, -0.15) is 11.8 Å². The molecule has 16 heteroatoms. The lowest BCUT2D eigenvalue weighted by Gasteiger charge is -2.29. The second-order valence-electron chi connectivity index (χ2n) is 10.2. The predicted molar refractivity (Wildman–Crippen MR) is 149 cm³/mol. The van der Waals surface area contributed by atoms with Crippen molar-refractivity contribution in [1.82, 2.24) is 20.9 Å². The normalized spacial score (nSPS) is 17.7. The van der Waals surface area contributed by atoms with Crippen molar-refractivity contribution in [2.75, 3.05) is 18.6 Å². The van der Waals surface area contributed by atoms with Crippen LogP contribution in [0.25, 0.3) is 0 Å². The molecule has 0 spiro atoms. The van der Waals surface area contributed by atoms with Gasteiger partial charge in [0.1, 0.15) is 24.2 Å². The Bertz CT molecular complexity index is 979. The molecule has 1 saturated heterocycles. The Morgan fingerprint density at radius 2 is 1.59 bits per heavy atom. The number of carboxylic acid groups (broad SMARTS) is 2. The number of likely N-dealkylation sites (tertiary alicyclic amines) is 1. The van der Waals surface area contributed by atoms with E-state index >= 15 is 0 Å². The Labute approximate surface area is 242 Å². The highest BCUT2D eigenvalue weighted by Gasteiger charge is 2.38. The van der Waals surface area contributed by atoms with Gasteiger partial charge in [-0.1, -0.05) is 13.8 Å². The number of nitrogens with zero attached hydrogens (tertiary/aromatic N) is 1. The van der Waals surface area contributed by atoms with E-state index in [1.54, 1.807) is 20.1 Å². The van der Waals surface area contributed by atoms with E-state index < -0.39 is 84.0 Å². The van der Waals surface area contributed by atoms with Crippen LogP contribution in [-0.2, 0) is 33.6 Å². The van der Waals surface area contributed by atoms with Gasteiger partial charge in [-0.15, -0.1) is 0 Å². The van der Waals surface area contributed by atoms with E-state index in [9.17, 15) is 43.8 Å². The smallest absolute Gasteiger partial charge is 0.326 e. The fraction of sp³-hybridized carbons (Fsp3) is 0.720. The number of amides is 5. The molecule has 232 valence electrons. The molecule has 0 aromatic heterocycles. The molecule has 1 rings (SSSR count). The largest absolute Gasteiger partial charge is 0.481 e. The third-order valence-electron chi connectivity index (χ3n) is 6.61. The van der Waals surface area contributed by atoms with E-state index in [-0.39, 0.29) is 38.6 Å². The highest BCUT2D eigenvalue weighted by molar-refractivity contribution is 7.98. The minimum Gasteiger partial charge on any atom is -0.481 e. The number of aliphatic carboxylic acids is 2. The summed E-state index contributed by atoms with van der Waals surface area (Å²) in [6, 6.07) is -5.73. The van der Waals surface area contributed by atoms with Crippen LogP contribution in [0.1, 0.15) is 58.8 Å². The first-order valence-corrected chi connectivity index (χ1v) is 14.8. The summed E-state index contributed by atoms with van der Waals surface area (Å²) in [4.78, 5) is 87.3. The van der Waals surface area contributed by atoms with E-state index in [4.69, 9.17) is 11.5 Å². The molecule has 15 nitrogen and oxygen atoms in total. The molecule has 0 radical (unpaired) electrons. The van der Waals surface area contributed by atoms with Crippen molar-refractivity contribution < 1.29 is 43.8 Å². The first-order chi connectivity index (χ1) is 19.2. The number of carbonyl (C=O) groups is 7. The van der Waals surface area contributed by atoms with Gasteiger partial charge in [-0.05, 0) is 50.0 Å². The SMILES string of the molecule is CSCC[C@H](NC(=O)[C@@H](NC(=O)[C@H](CCC(=O)O)NC(=O)[C@@H]1CCCN1C(=O)[C@@H](N)CCC(N)=O)C(C)C)C(=O)O. The summed E-state index contributed by atoms with van der Waals surface area (Å²) in [6.45, 7) is 3.50. The van der Waals surface area contributed by atoms with Crippen LogP contribution in [0, 0.1) is 5.92 Å². The van der Waals surface area contributed by atoms with Crippen molar-refractivity contribution in [3.05, 3.63) is 0 Å². The molecule has 0 saturated carbocycles. The Morgan fingerprint density at radius 1 is 0.927 bits per heavy atom. The lowest BCUT2D eigenvalue weighted by Crippen LogP contribution is -2.59. The van der Waals surface area contributed by atoms with Gasteiger partial charge in [0.2, 0.25) is 29.5 Å². The van der Waals surface area contributed by atoms with Crippen LogP contribution in [-0.4, -0.2) is 105 Å². The van der Waals surface area contributed by atoms with E-state index in [0.717, 1.165) is 0 Å². The van der Waals surface area contributed by atoms with E-state index in [1.165, 1.54) is 16.7 Å². The van der Waals surface area contributed by atoms with E-state index in [1.807, 2.05) is 0 Å².